The van der Waals surface area contributed by atoms with Gasteiger partial charge in [-0.1, -0.05) is 0 Å². The van der Waals surface area contributed by atoms with Crippen LogP contribution in [0.3, 0.4) is 0 Å². The van der Waals surface area contributed by atoms with E-state index in [2.05, 4.69) is 26.9 Å². The highest BCUT2D eigenvalue weighted by Gasteiger charge is 2.29. The van der Waals surface area contributed by atoms with Crippen LogP contribution in [0.25, 0.3) is 0 Å². The summed E-state index contributed by atoms with van der Waals surface area (Å²) in [6.07, 6.45) is 0.810. The summed E-state index contributed by atoms with van der Waals surface area (Å²) in [6, 6.07) is 7.71. The molecular formula is C13H13BrN2O2. The normalized spacial score (nSPS) is 18.5. The van der Waals surface area contributed by atoms with E-state index < -0.39 is 0 Å². The molecule has 0 aromatic heterocycles. The van der Waals surface area contributed by atoms with Crippen LogP contribution >= 0.6 is 15.9 Å². The zero-order valence-electron chi connectivity index (χ0n) is 10.0. The van der Waals surface area contributed by atoms with Crippen LogP contribution in [-0.2, 0) is 9.53 Å². The molecule has 1 aromatic carbocycles. The lowest BCUT2D eigenvalue weighted by Gasteiger charge is -2.18. The van der Waals surface area contributed by atoms with Crippen LogP contribution in [0.5, 0.6) is 0 Å². The molecule has 0 radical (unpaired) electrons. The lowest BCUT2D eigenvalue weighted by molar-refractivity contribution is -0.144. The van der Waals surface area contributed by atoms with E-state index in [1.54, 1.807) is 6.07 Å². The average molecular weight is 309 g/mol. The van der Waals surface area contributed by atoms with Gasteiger partial charge >= 0.3 is 5.97 Å². The Morgan fingerprint density at radius 2 is 2.39 bits per heavy atom. The fourth-order valence-corrected chi connectivity index (χ4v) is 2.60. The van der Waals surface area contributed by atoms with Gasteiger partial charge in [-0.3, -0.25) is 4.79 Å². The van der Waals surface area contributed by atoms with E-state index in [0.29, 0.717) is 12.1 Å². The number of benzene rings is 1. The van der Waals surface area contributed by atoms with Gasteiger partial charge in [0, 0.05) is 23.2 Å². The van der Waals surface area contributed by atoms with Gasteiger partial charge in [-0.15, -0.1) is 0 Å². The molecule has 2 rings (SSSR count). The third-order valence-corrected chi connectivity index (χ3v) is 3.82. The first-order chi connectivity index (χ1) is 8.65. The van der Waals surface area contributed by atoms with Crippen LogP contribution in [0, 0.1) is 17.2 Å². The zero-order valence-corrected chi connectivity index (χ0v) is 11.6. The van der Waals surface area contributed by atoms with Crippen LogP contribution in [0.15, 0.2) is 22.7 Å². The Kier molecular flexibility index (Phi) is 3.87. The summed E-state index contributed by atoms with van der Waals surface area (Å²) in [4.78, 5) is 13.6. The highest BCUT2D eigenvalue weighted by atomic mass is 79.9. The molecule has 1 aliphatic heterocycles. The van der Waals surface area contributed by atoms with E-state index in [1.165, 1.54) is 7.11 Å². The number of carbonyl (C=O) groups is 1. The summed E-state index contributed by atoms with van der Waals surface area (Å²) in [6.45, 7) is 1.50. The second-order valence-corrected chi connectivity index (χ2v) is 5.09. The van der Waals surface area contributed by atoms with Crippen molar-refractivity contribution in [2.45, 2.75) is 6.42 Å². The van der Waals surface area contributed by atoms with Crippen molar-refractivity contribution in [3.8, 4) is 6.07 Å². The molecule has 1 heterocycles. The summed E-state index contributed by atoms with van der Waals surface area (Å²) in [5.41, 5.74) is 1.63. The molecule has 0 N–H and O–H groups in total. The molecule has 1 saturated heterocycles. The van der Waals surface area contributed by atoms with Crippen LogP contribution in [0.1, 0.15) is 12.0 Å². The maximum atomic E-state index is 11.5. The fourth-order valence-electron chi connectivity index (χ4n) is 2.15. The van der Waals surface area contributed by atoms with Crippen LogP contribution in [-0.4, -0.2) is 26.2 Å². The van der Waals surface area contributed by atoms with Gasteiger partial charge in [0.25, 0.3) is 0 Å². The third kappa shape index (κ3) is 2.49. The SMILES string of the molecule is COC(=O)C1CCN(c2ccc(C#N)c(Br)c2)C1. The predicted octanol–water partition coefficient (Wildman–Crippen LogP) is 2.32. The highest BCUT2D eigenvalue weighted by molar-refractivity contribution is 9.10. The molecule has 1 aliphatic rings. The van der Waals surface area contributed by atoms with Gasteiger partial charge in [0.1, 0.15) is 6.07 Å². The molecule has 0 aliphatic carbocycles. The molecule has 1 aromatic rings. The maximum absolute atomic E-state index is 11.5. The average Bonchev–Trinajstić information content (AvgIpc) is 2.87. The number of halogens is 1. The van der Waals surface area contributed by atoms with E-state index >= 15 is 0 Å². The van der Waals surface area contributed by atoms with Gasteiger partial charge in [-0.25, -0.2) is 0 Å². The summed E-state index contributed by atoms with van der Waals surface area (Å²) in [7, 11) is 1.42. The first-order valence-corrected chi connectivity index (χ1v) is 6.47. The first kappa shape index (κ1) is 12.9. The van der Waals surface area contributed by atoms with Crippen LogP contribution in [0.2, 0.25) is 0 Å². The largest absolute Gasteiger partial charge is 0.469 e. The summed E-state index contributed by atoms with van der Waals surface area (Å²) in [5, 5.41) is 8.87. The Hall–Kier alpha value is -1.54. The number of carbonyl (C=O) groups excluding carboxylic acids is 1. The third-order valence-electron chi connectivity index (χ3n) is 3.16. The van der Waals surface area contributed by atoms with E-state index in [1.807, 2.05) is 12.1 Å². The van der Waals surface area contributed by atoms with Gasteiger partial charge in [0.05, 0.1) is 18.6 Å². The molecule has 0 bridgehead atoms. The Balaban J connectivity index is 2.13. The monoisotopic (exact) mass is 308 g/mol. The molecule has 1 atom stereocenters. The van der Waals surface area contributed by atoms with Crippen molar-refractivity contribution < 1.29 is 9.53 Å². The number of esters is 1. The Bertz CT molecular complexity index is 510. The molecule has 0 spiro atoms. The zero-order chi connectivity index (χ0) is 13.1. The topological polar surface area (TPSA) is 53.3 Å². The molecule has 1 unspecified atom stereocenters. The Morgan fingerprint density at radius 3 is 3.00 bits per heavy atom. The molecule has 0 saturated carbocycles. The van der Waals surface area contributed by atoms with Gasteiger partial charge in [0.15, 0.2) is 0 Å². The maximum Gasteiger partial charge on any atom is 0.310 e. The van der Waals surface area contributed by atoms with Gasteiger partial charge < -0.3 is 9.64 Å². The summed E-state index contributed by atoms with van der Waals surface area (Å²) >= 11 is 3.37. The lowest BCUT2D eigenvalue weighted by atomic mass is 10.1. The van der Waals surface area contributed by atoms with Gasteiger partial charge in [-0.2, -0.15) is 5.26 Å². The molecule has 5 heteroatoms. The Labute approximate surface area is 114 Å². The van der Waals surface area contributed by atoms with E-state index in [0.717, 1.165) is 23.1 Å². The number of rotatable bonds is 2. The first-order valence-electron chi connectivity index (χ1n) is 5.68. The summed E-state index contributed by atoms with van der Waals surface area (Å²) < 4.78 is 5.54. The summed E-state index contributed by atoms with van der Waals surface area (Å²) in [5.74, 6) is -0.199. The van der Waals surface area contributed by atoms with Crippen molar-refractivity contribution in [2.75, 3.05) is 25.1 Å². The lowest BCUT2D eigenvalue weighted by Crippen LogP contribution is -2.23. The molecule has 0 amide bonds. The number of hydrogen-bond donors (Lipinski definition) is 0. The minimum absolute atomic E-state index is 0.0515. The predicted molar refractivity (Wildman–Crippen MR) is 71.2 cm³/mol. The number of anilines is 1. The second kappa shape index (κ2) is 5.40. The molecule has 1 fully saturated rings. The van der Waals surface area contributed by atoms with Crippen molar-refractivity contribution in [1.29, 1.82) is 5.26 Å². The van der Waals surface area contributed by atoms with Crippen molar-refractivity contribution in [3.05, 3.63) is 28.2 Å². The number of methoxy groups -OCH3 is 1. The molecule has 94 valence electrons. The number of nitrogens with zero attached hydrogens (tertiary/aromatic N) is 2. The molecule has 4 nitrogen and oxygen atoms in total. The van der Waals surface area contributed by atoms with Crippen molar-refractivity contribution >= 4 is 27.6 Å². The van der Waals surface area contributed by atoms with E-state index in [-0.39, 0.29) is 11.9 Å². The van der Waals surface area contributed by atoms with E-state index in [9.17, 15) is 4.79 Å². The van der Waals surface area contributed by atoms with Crippen molar-refractivity contribution in [3.63, 3.8) is 0 Å². The smallest absolute Gasteiger partial charge is 0.310 e. The quantitative estimate of drug-likeness (QED) is 0.787. The van der Waals surface area contributed by atoms with E-state index in [4.69, 9.17) is 10.00 Å². The minimum Gasteiger partial charge on any atom is -0.469 e. The van der Waals surface area contributed by atoms with Crippen LogP contribution < -0.4 is 4.90 Å². The number of hydrogen-bond acceptors (Lipinski definition) is 4. The minimum atomic E-state index is -0.148. The fraction of sp³-hybridized carbons (Fsp3) is 0.385. The van der Waals surface area contributed by atoms with Gasteiger partial charge in [0.2, 0.25) is 0 Å². The molecule has 18 heavy (non-hydrogen) atoms. The molecular weight excluding hydrogens is 296 g/mol. The van der Waals surface area contributed by atoms with Crippen LogP contribution in [0.4, 0.5) is 5.69 Å². The Morgan fingerprint density at radius 1 is 1.61 bits per heavy atom. The van der Waals surface area contributed by atoms with Gasteiger partial charge in [-0.05, 0) is 40.5 Å². The number of nitriles is 1. The standard InChI is InChI=1S/C13H13BrN2O2/c1-18-13(17)10-4-5-16(8-10)11-3-2-9(7-15)12(14)6-11/h2-3,6,10H,4-5,8H2,1H3. The van der Waals surface area contributed by atoms with Crippen molar-refractivity contribution in [1.82, 2.24) is 0 Å². The highest BCUT2D eigenvalue weighted by Crippen LogP contribution is 2.28. The number of ether oxygens (including phenoxy) is 1. The van der Waals surface area contributed by atoms with Crippen molar-refractivity contribution in [2.24, 2.45) is 5.92 Å². The second-order valence-electron chi connectivity index (χ2n) is 4.23.